The van der Waals surface area contributed by atoms with Gasteiger partial charge in [0.25, 0.3) is 0 Å². The van der Waals surface area contributed by atoms with Crippen LogP contribution < -0.4 is 5.32 Å². The van der Waals surface area contributed by atoms with E-state index in [4.69, 9.17) is 4.74 Å². The summed E-state index contributed by atoms with van der Waals surface area (Å²) in [6.07, 6.45) is 9.47. The largest absolute Gasteiger partial charge is 0.481 e. The zero-order chi connectivity index (χ0) is 17.4. The molecule has 4 aliphatic rings. The molecule has 0 spiro atoms. The van der Waals surface area contributed by atoms with Crippen LogP contribution in [0.3, 0.4) is 0 Å². The van der Waals surface area contributed by atoms with Crippen LogP contribution >= 0.6 is 0 Å². The molecule has 2 unspecified atom stereocenters. The van der Waals surface area contributed by atoms with Crippen LogP contribution in [0.25, 0.3) is 0 Å². The van der Waals surface area contributed by atoms with E-state index in [0.29, 0.717) is 24.0 Å². The fraction of sp³-hybridized carbons (Fsp3) is 0.950. The Morgan fingerprint density at radius 3 is 2.50 bits per heavy atom. The molecule has 4 aliphatic carbocycles. The average Bonchev–Trinajstić information content (AvgIpc) is 2.49. The lowest BCUT2D eigenvalue weighted by atomic mass is 9.48. The Kier molecular flexibility index (Phi) is 5.00. The van der Waals surface area contributed by atoms with Crippen molar-refractivity contribution in [2.24, 2.45) is 22.7 Å². The topological polar surface area (TPSA) is 58.6 Å². The number of carboxylic acids is 1. The van der Waals surface area contributed by atoms with Crippen molar-refractivity contribution < 1.29 is 14.6 Å². The van der Waals surface area contributed by atoms with Gasteiger partial charge in [0.1, 0.15) is 0 Å². The molecule has 4 fully saturated rings. The van der Waals surface area contributed by atoms with E-state index in [1.54, 1.807) is 0 Å². The molecular formula is C20H35NO3. The molecule has 4 rings (SSSR count). The van der Waals surface area contributed by atoms with Gasteiger partial charge in [-0.25, -0.2) is 0 Å². The number of carboxylic acid groups (broad SMARTS) is 1. The van der Waals surface area contributed by atoms with Crippen LogP contribution in [0, 0.1) is 22.7 Å². The summed E-state index contributed by atoms with van der Waals surface area (Å²) in [5.74, 6) is 0.541. The Morgan fingerprint density at radius 1 is 1.25 bits per heavy atom. The van der Waals surface area contributed by atoms with Crippen molar-refractivity contribution >= 4 is 5.97 Å². The predicted octanol–water partition coefficient (Wildman–Crippen LogP) is 4.19. The summed E-state index contributed by atoms with van der Waals surface area (Å²) in [5.41, 5.74) is -0.232. The third-order valence-corrected chi connectivity index (χ3v) is 7.11. The first-order valence-corrected chi connectivity index (χ1v) is 9.86. The molecule has 0 aliphatic heterocycles. The highest BCUT2D eigenvalue weighted by Gasteiger charge is 2.61. The summed E-state index contributed by atoms with van der Waals surface area (Å²) in [6.45, 7) is 8.45. The Balaban J connectivity index is 1.46. The summed E-state index contributed by atoms with van der Waals surface area (Å²) in [5, 5.41) is 13.2. The number of aliphatic carboxylic acids is 1. The summed E-state index contributed by atoms with van der Waals surface area (Å²) in [6, 6.07) is 0. The summed E-state index contributed by atoms with van der Waals surface area (Å²) in [7, 11) is 0. The normalized spacial score (nSPS) is 37.8. The van der Waals surface area contributed by atoms with E-state index in [2.05, 4.69) is 26.1 Å². The zero-order valence-corrected chi connectivity index (χ0v) is 15.7. The van der Waals surface area contributed by atoms with Gasteiger partial charge in [-0.05, 0) is 75.2 Å². The van der Waals surface area contributed by atoms with Gasteiger partial charge in [0.2, 0.25) is 0 Å². The maximum Gasteiger partial charge on any atom is 0.309 e. The van der Waals surface area contributed by atoms with Crippen LogP contribution in [0.1, 0.15) is 78.6 Å². The first-order chi connectivity index (χ1) is 11.3. The standard InChI is InChI=1S/C20H35NO3/c1-4-18(2,3)6-5-7-21-14-24-20-11-15-8-16(12-20)10-19(9-15,13-20)17(22)23/h15-16,21H,4-14H2,1-3H3,(H,22,23). The van der Waals surface area contributed by atoms with Gasteiger partial charge in [0.15, 0.2) is 0 Å². The molecule has 4 heteroatoms. The van der Waals surface area contributed by atoms with Crippen molar-refractivity contribution in [3.8, 4) is 0 Å². The average molecular weight is 338 g/mol. The van der Waals surface area contributed by atoms with Crippen molar-refractivity contribution in [1.82, 2.24) is 5.32 Å². The maximum absolute atomic E-state index is 11.9. The molecular weight excluding hydrogens is 302 g/mol. The predicted molar refractivity (Wildman–Crippen MR) is 94.7 cm³/mol. The van der Waals surface area contributed by atoms with Crippen molar-refractivity contribution in [3.63, 3.8) is 0 Å². The van der Waals surface area contributed by atoms with Crippen molar-refractivity contribution in [2.45, 2.75) is 84.2 Å². The van der Waals surface area contributed by atoms with Gasteiger partial charge < -0.3 is 9.84 Å². The van der Waals surface area contributed by atoms with Crippen LogP contribution in [0.15, 0.2) is 0 Å². The first kappa shape index (κ1) is 18.2. The molecule has 0 aromatic heterocycles. The SMILES string of the molecule is CCC(C)(C)CCCNCOC12CC3CC(C1)CC(C(=O)O)(C3)C2. The van der Waals surface area contributed by atoms with Crippen molar-refractivity contribution in [2.75, 3.05) is 13.3 Å². The monoisotopic (exact) mass is 337 g/mol. The highest BCUT2D eigenvalue weighted by molar-refractivity contribution is 5.75. The molecule has 138 valence electrons. The second kappa shape index (κ2) is 6.60. The molecule has 0 radical (unpaired) electrons. The molecule has 4 bridgehead atoms. The number of hydrogen-bond acceptors (Lipinski definition) is 3. The fourth-order valence-corrected chi connectivity index (χ4v) is 5.74. The second-order valence-electron chi connectivity index (χ2n) is 9.64. The Labute approximate surface area is 146 Å². The lowest BCUT2D eigenvalue weighted by Gasteiger charge is -2.60. The van der Waals surface area contributed by atoms with Gasteiger partial charge in [0.05, 0.1) is 17.7 Å². The van der Waals surface area contributed by atoms with Gasteiger partial charge in [-0.3, -0.25) is 10.1 Å². The molecule has 0 aromatic rings. The lowest BCUT2D eigenvalue weighted by Crippen LogP contribution is -2.59. The quantitative estimate of drug-likeness (QED) is 0.489. The third-order valence-electron chi connectivity index (χ3n) is 7.11. The molecule has 2 N–H and O–H groups in total. The number of rotatable bonds is 9. The van der Waals surface area contributed by atoms with Crippen LogP contribution in [0.2, 0.25) is 0 Å². The summed E-state index contributed by atoms with van der Waals surface area (Å²) < 4.78 is 6.30. The summed E-state index contributed by atoms with van der Waals surface area (Å²) >= 11 is 0. The second-order valence-corrected chi connectivity index (χ2v) is 9.64. The molecule has 24 heavy (non-hydrogen) atoms. The summed E-state index contributed by atoms with van der Waals surface area (Å²) in [4.78, 5) is 11.9. The van der Waals surface area contributed by atoms with E-state index in [9.17, 15) is 9.90 Å². The third kappa shape index (κ3) is 3.65. The minimum Gasteiger partial charge on any atom is -0.481 e. The minimum absolute atomic E-state index is 0.168. The van der Waals surface area contributed by atoms with Crippen molar-refractivity contribution in [3.05, 3.63) is 0 Å². The van der Waals surface area contributed by atoms with E-state index in [0.717, 1.165) is 38.6 Å². The smallest absolute Gasteiger partial charge is 0.309 e. The Morgan fingerprint density at radius 2 is 1.92 bits per heavy atom. The molecule has 4 saturated carbocycles. The lowest BCUT2D eigenvalue weighted by molar-refractivity contribution is -0.208. The van der Waals surface area contributed by atoms with Gasteiger partial charge in [-0.1, -0.05) is 27.2 Å². The van der Waals surface area contributed by atoms with E-state index >= 15 is 0 Å². The highest BCUT2D eigenvalue weighted by atomic mass is 16.5. The van der Waals surface area contributed by atoms with Gasteiger partial charge in [-0.15, -0.1) is 0 Å². The van der Waals surface area contributed by atoms with E-state index in [1.165, 1.54) is 25.7 Å². The van der Waals surface area contributed by atoms with Crippen LogP contribution in [-0.2, 0) is 9.53 Å². The van der Waals surface area contributed by atoms with Gasteiger partial charge >= 0.3 is 5.97 Å². The van der Waals surface area contributed by atoms with Crippen LogP contribution in [-0.4, -0.2) is 30.0 Å². The Bertz CT molecular complexity index is 460. The highest BCUT2D eigenvalue weighted by Crippen LogP contribution is 2.62. The van der Waals surface area contributed by atoms with Crippen LogP contribution in [0.5, 0.6) is 0 Å². The maximum atomic E-state index is 11.9. The van der Waals surface area contributed by atoms with Gasteiger partial charge in [-0.2, -0.15) is 0 Å². The van der Waals surface area contributed by atoms with Gasteiger partial charge in [0, 0.05) is 0 Å². The van der Waals surface area contributed by atoms with E-state index in [1.807, 2.05) is 0 Å². The fourth-order valence-electron chi connectivity index (χ4n) is 5.74. The van der Waals surface area contributed by atoms with Crippen LogP contribution in [0.4, 0.5) is 0 Å². The Hall–Kier alpha value is -0.610. The number of carbonyl (C=O) groups is 1. The number of hydrogen-bond donors (Lipinski definition) is 2. The number of nitrogens with one attached hydrogen (secondary N) is 1. The van der Waals surface area contributed by atoms with E-state index in [-0.39, 0.29) is 5.60 Å². The molecule has 0 heterocycles. The zero-order valence-electron chi connectivity index (χ0n) is 15.7. The molecule has 2 atom stereocenters. The molecule has 0 aromatic carbocycles. The minimum atomic E-state index is -0.584. The molecule has 0 saturated heterocycles. The molecule has 4 nitrogen and oxygen atoms in total. The van der Waals surface area contributed by atoms with E-state index < -0.39 is 11.4 Å². The van der Waals surface area contributed by atoms with Crippen molar-refractivity contribution in [1.29, 1.82) is 0 Å². The molecule has 0 amide bonds. The first-order valence-electron chi connectivity index (χ1n) is 9.86. The number of ether oxygens (including phenoxy) is 1.